The zero-order valence-corrected chi connectivity index (χ0v) is 12.9. The maximum Gasteiger partial charge on any atom is 0.308 e. The maximum absolute atomic E-state index is 12.7. The molecule has 0 saturated heterocycles. The minimum absolute atomic E-state index is 0.167. The fourth-order valence-corrected chi connectivity index (χ4v) is 3.17. The number of carbonyl (C=O) groups excluding carboxylic acids is 2. The predicted molar refractivity (Wildman–Crippen MR) is 85.5 cm³/mol. The molecule has 1 aromatic carbocycles. The van der Waals surface area contributed by atoms with E-state index in [0.29, 0.717) is 26.4 Å². The Morgan fingerprint density at radius 1 is 1.14 bits per heavy atom. The fourth-order valence-electron chi connectivity index (χ4n) is 2.14. The molecule has 110 valence electrons. The molecule has 0 aliphatic carbocycles. The van der Waals surface area contributed by atoms with Crippen LogP contribution in [-0.2, 0) is 4.79 Å². The van der Waals surface area contributed by atoms with Crippen molar-refractivity contribution in [3.63, 3.8) is 0 Å². The number of ketones is 1. The largest absolute Gasteiger partial charge is 0.424 e. The SMILES string of the molecule is CC(=O)Oc1c(C(=O)c2ccc(C)cc2)sc2ncccc12. The zero-order chi connectivity index (χ0) is 15.7. The summed E-state index contributed by atoms with van der Waals surface area (Å²) in [6, 6.07) is 10.8. The van der Waals surface area contributed by atoms with Gasteiger partial charge in [-0.3, -0.25) is 9.59 Å². The highest BCUT2D eigenvalue weighted by Crippen LogP contribution is 2.38. The number of ether oxygens (including phenoxy) is 1. The molecule has 5 heteroatoms. The van der Waals surface area contributed by atoms with Gasteiger partial charge in [-0.05, 0) is 19.1 Å². The van der Waals surface area contributed by atoms with Crippen molar-refractivity contribution in [1.82, 2.24) is 4.98 Å². The summed E-state index contributed by atoms with van der Waals surface area (Å²) in [4.78, 5) is 29.4. The molecule has 0 N–H and O–H groups in total. The number of thiophene rings is 1. The molecule has 0 aliphatic rings. The number of fused-ring (bicyclic) bond motifs is 1. The van der Waals surface area contributed by atoms with Gasteiger partial charge in [0.25, 0.3) is 0 Å². The van der Waals surface area contributed by atoms with E-state index in [2.05, 4.69) is 4.98 Å². The molecule has 2 aromatic heterocycles. The van der Waals surface area contributed by atoms with Crippen LogP contribution >= 0.6 is 11.3 Å². The Morgan fingerprint density at radius 2 is 1.86 bits per heavy atom. The van der Waals surface area contributed by atoms with E-state index in [9.17, 15) is 9.59 Å². The van der Waals surface area contributed by atoms with E-state index in [1.165, 1.54) is 18.3 Å². The van der Waals surface area contributed by atoms with E-state index in [4.69, 9.17) is 4.74 Å². The van der Waals surface area contributed by atoms with E-state index < -0.39 is 5.97 Å². The second-order valence-electron chi connectivity index (χ2n) is 4.91. The molecule has 22 heavy (non-hydrogen) atoms. The first-order chi connectivity index (χ1) is 10.6. The van der Waals surface area contributed by atoms with Crippen molar-refractivity contribution in [3.8, 4) is 5.75 Å². The van der Waals surface area contributed by atoms with Crippen LogP contribution < -0.4 is 4.74 Å². The quantitative estimate of drug-likeness (QED) is 0.546. The number of pyridine rings is 1. The number of hydrogen-bond acceptors (Lipinski definition) is 5. The first kappa shape index (κ1) is 14.4. The van der Waals surface area contributed by atoms with Crippen LogP contribution in [0.2, 0.25) is 0 Å². The van der Waals surface area contributed by atoms with Crippen molar-refractivity contribution in [3.05, 3.63) is 58.6 Å². The van der Waals surface area contributed by atoms with Crippen LogP contribution in [0.5, 0.6) is 5.75 Å². The molecule has 0 saturated carbocycles. The molecular weight excluding hydrogens is 298 g/mol. The molecule has 0 unspecified atom stereocenters. The maximum atomic E-state index is 12.7. The molecule has 0 atom stereocenters. The van der Waals surface area contributed by atoms with Crippen LogP contribution in [0.4, 0.5) is 0 Å². The number of aryl methyl sites for hydroxylation is 1. The number of benzene rings is 1. The lowest BCUT2D eigenvalue weighted by Gasteiger charge is -2.04. The first-order valence-corrected chi connectivity index (χ1v) is 7.55. The molecule has 3 rings (SSSR count). The van der Waals surface area contributed by atoms with Gasteiger partial charge >= 0.3 is 5.97 Å². The summed E-state index contributed by atoms with van der Waals surface area (Å²) < 4.78 is 5.28. The Morgan fingerprint density at radius 3 is 2.55 bits per heavy atom. The van der Waals surface area contributed by atoms with Gasteiger partial charge in [-0.1, -0.05) is 29.8 Å². The van der Waals surface area contributed by atoms with Crippen LogP contribution in [0.3, 0.4) is 0 Å². The Balaban J connectivity index is 2.14. The molecule has 0 amide bonds. The third kappa shape index (κ3) is 2.63. The highest BCUT2D eigenvalue weighted by Gasteiger charge is 2.22. The summed E-state index contributed by atoms with van der Waals surface area (Å²) in [5, 5.41) is 0.679. The third-order valence-corrected chi connectivity index (χ3v) is 4.28. The van der Waals surface area contributed by atoms with Gasteiger partial charge < -0.3 is 4.74 Å². The minimum atomic E-state index is -0.457. The summed E-state index contributed by atoms with van der Waals surface area (Å²) in [5.74, 6) is -0.327. The monoisotopic (exact) mass is 311 g/mol. The second kappa shape index (κ2) is 5.69. The van der Waals surface area contributed by atoms with Gasteiger partial charge in [-0.2, -0.15) is 0 Å². The first-order valence-electron chi connectivity index (χ1n) is 6.73. The molecule has 0 fully saturated rings. The van der Waals surface area contributed by atoms with Gasteiger partial charge in [0.1, 0.15) is 9.71 Å². The van der Waals surface area contributed by atoms with E-state index in [-0.39, 0.29) is 5.78 Å². The molecule has 0 bridgehead atoms. The molecular formula is C17H13NO3S. The van der Waals surface area contributed by atoms with Crippen molar-refractivity contribution >= 4 is 33.3 Å². The van der Waals surface area contributed by atoms with Gasteiger partial charge in [0.05, 0.1) is 5.39 Å². The Labute approximate surface area is 131 Å². The Hall–Kier alpha value is -2.53. The van der Waals surface area contributed by atoms with Crippen molar-refractivity contribution in [2.24, 2.45) is 0 Å². The lowest BCUT2D eigenvalue weighted by molar-refractivity contribution is -0.131. The smallest absolute Gasteiger partial charge is 0.308 e. The number of nitrogens with zero attached hydrogens (tertiary/aromatic N) is 1. The Kier molecular flexibility index (Phi) is 3.73. The molecule has 3 aromatic rings. The topological polar surface area (TPSA) is 56.3 Å². The van der Waals surface area contributed by atoms with Crippen molar-refractivity contribution in [2.45, 2.75) is 13.8 Å². The van der Waals surface area contributed by atoms with E-state index >= 15 is 0 Å². The summed E-state index contributed by atoms with van der Waals surface area (Å²) in [6.45, 7) is 3.28. The van der Waals surface area contributed by atoms with E-state index in [1.807, 2.05) is 19.1 Å². The molecule has 4 nitrogen and oxygen atoms in total. The number of rotatable bonds is 3. The average molecular weight is 311 g/mol. The minimum Gasteiger partial charge on any atom is -0.424 e. The van der Waals surface area contributed by atoms with Gasteiger partial charge in [-0.25, -0.2) is 4.98 Å². The number of carbonyl (C=O) groups is 2. The summed E-state index contributed by atoms with van der Waals surface area (Å²) in [7, 11) is 0. The zero-order valence-electron chi connectivity index (χ0n) is 12.1. The number of hydrogen-bond donors (Lipinski definition) is 0. The second-order valence-corrected chi connectivity index (χ2v) is 5.90. The lowest BCUT2D eigenvalue weighted by atomic mass is 10.1. The van der Waals surface area contributed by atoms with Gasteiger partial charge in [-0.15, -0.1) is 11.3 Å². The van der Waals surface area contributed by atoms with Crippen LogP contribution in [0.1, 0.15) is 27.7 Å². The van der Waals surface area contributed by atoms with Crippen molar-refractivity contribution in [2.75, 3.05) is 0 Å². The fraction of sp³-hybridized carbons (Fsp3) is 0.118. The highest BCUT2D eigenvalue weighted by molar-refractivity contribution is 7.21. The van der Waals surface area contributed by atoms with E-state index in [0.717, 1.165) is 5.56 Å². The van der Waals surface area contributed by atoms with Gasteiger partial charge in [0.2, 0.25) is 5.78 Å². The van der Waals surface area contributed by atoms with Crippen LogP contribution in [0, 0.1) is 6.92 Å². The molecule has 2 heterocycles. The van der Waals surface area contributed by atoms with Gasteiger partial charge in [0.15, 0.2) is 5.75 Å². The van der Waals surface area contributed by atoms with Crippen molar-refractivity contribution in [1.29, 1.82) is 0 Å². The standard InChI is InChI=1S/C17H13NO3S/c1-10-5-7-12(8-6-10)14(20)16-15(21-11(2)19)13-4-3-9-18-17(13)22-16/h3-9H,1-2H3. The molecule has 0 radical (unpaired) electrons. The number of aromatic nitrogens is 1. The van der Waals surface area contributed by atoms with Gasteiger partial charge in [0, 0.05) is 18.7 Å². The summed E-state index contributed by atoms with van der Waals surface area (Å²) in [6.07, 6.45) is 1.65. The molecule has 0 spiro atoms. The van der Waals surface area contributed by atoms with Crippen molar-refractivity contribution < 1.29 is 14.3 Å². The Bertz CT molecular complexity index is 865. The number of esters is 1. The average Bonchev–Trinajstić information content (AvgIpc) is 2.86. The van der Waals surface area contributed by atoms with Crippen LogP contribution in [-0.4, -0.2) is 16.7 Å². The van der Waals surface area contributed by atoms with Crippen LogP contribution in [0.15, 0.2) is 42.6 Å². The van der Waals surface area contributed by atoms with E-state index in [1.54, 1.807) is 30.5 Å². The third-order valence-electron chi connectivity index (χ3n) is 3.19. The normalized spacial score (nSPS) is 10.6. The molecule has 0 aliphatic heterocycles. The highest BCUT2D eigenvalue weighted by atomic mass is 32.1. The summed E-state index contributed by atoms with van der Waals surface area (Å²) in [5.41, 5.74) is 1.64. The summed E-state index contributed by atoms with van der Waals surface area (Å²) >= 11 is 1.24. The predicted octanol–water partition coefficient (Wildman–Crippen LogP) is 3.76. The lowest BCUT2D eigenvalue weighted by Crippen LogP contribution is -2.06. The van der Waals surface area contributed by atoms with Crippen LogP contribution in [0.25, 0.3) is 10.2 Å².